The van der Waals surface area contributed by atoms with E-state index in [2.05, 4.69) is 17.3 Å². The van der Waals surface area contributed by atoms with Crippen LogP contribution in [0, 0.1) is 6.92 Å². The zero-order chi connectivity index (χ0) is 13.8. The summed E-state index contributed by atoms with van der Waals surface area (Å²) in [6.07, 6.45) is 5.05. The van der Waals surface area contributed by atoms with Crippen molar-refractivity contribution < 1.29 is 4.79 Å². The topological polar surface area (TPSA) is 50.2 Å². The van der Waals surface area contributed by atoms with Crippen LogP contribution >= 0.6 is 0 Å². The van der Waals surface area contributed by atoms with Gasteiger partial charge in [-0.25, -0.2) is 0 Å². The Hall–Kier alpha value is -1.36. The number of nitrogens with one attached hydrogen (secondary N) is 1. The highest BCUT2D eigenvalue weighted by atomic mass is 16.2. The number of carbonyl (C=O) groups excluding carboxylic acids is 1. The quantitative estimate of drug-likeness (QED) is 0.873. The summed E-state index contributed by atoms with van der Waals surface area (Å²) in [4.78, 5) is 14.6. The van der Waals surface area contributed by atoms with Crippen LogP contribution in [-0.2, 0) is 7.05 Å². The molecule has 1 amide bonds. The third kappa shape index (κ3) is 3.15. The van der Waals surface area contributed by atoms with Crippen LogP contribution in [0.15, 0.2) is 6.20 Å². The largest absolute Gasteiger partial charge is 0.337 e. The zero-order valence-corrected chi connectivity index (χ0v) is 12.1. The molecule has 106 valence electrons. The highest BCUT2D eigenvalue weighted by Gasteiger charge is 2.23. The SMILES string of the molecule is CCCN(CC1CCCN1)C(=O)c1cnn(C)c1C. The summed E-state index contributed by atoms with van der Waals surface area (Å²) in [6, 6.07) is 0.451. The fourth-order valence-electron chi connectivity index (χ4n) is 2.60. The third-order valence-electron chi connectivity index (χ3n) is 3.85. The van der Waals surface area contributed by atoms with Crippen LogP contribution in [0.2, 0.25) is 0 Å². The normalized spacial score (nSPS) is 18.8. The van der Waals surface area contributed by atoms with Gasteiger partial charge in [-0.2, -0.15) is 5.10 Å². The highest BCUT2D eigenvalue weighted by molar-refractivity contribution is 5.95. The number of nitrogens with zero attached hydrogens (tertiary/aromatic N) is 3. The van der Waals surface area contributed by atoms with Crippen LogP contribution in [0.5, 0.6) is 0 Å². The van der Waals surface area contributed by atoms with Crippen LogP contribution < -0.4 is 5.32 Å². The van der Waals surface area contributed by atoms with Crippen molar-refractivity contribution in [2.75, 3.05) is 19.6 Å². The Labute approximate surface area is 115 Å². The number of aromatic nitrogens is 2. The minimum atomic E-state index is 0.112. The lowest BCUT2D eigenvalue weighted by Crippen LogP contribution is -2.41. The molecule has 0 radical (unpaired) electrons. The Morgan fingerprint density at radius 3 is 2.95 bits per heavy atom. The molecule has 0 aromatic carbocycles. The summed E-state index contributed by atoms with van der Waals surface area (Å²) in [7, 11) is 1.87. The molecule has 2 heterocycles. The summed E-state index contributed by atoms with van der Waals surface area (Å²) in [5.74, 6) is 0.112. The van der Waals surface area contributed by atoms with Gasteiger partial charge in [0.05, 0.1) is 11.8 Å². The molecule has 1 saturated heterocycles. The summed E-state index contributed by atoms with van der Waals surface area (Å²) in [6.45, 7) is 6.74. The number of amides is 1. The van der Waals surface area contributed by atoms with Crippen LogP contribution in [0.25, 0.3) is 0 Å². The van der Waals surface area contributed by atoms with Gasteiger partial charge in [0.25, 0.3) is 5.91 Å². The van der Waals surface area contributed by atoms with Gasteiger partial charge in [0.15, 0.2) is 0 Å². The molecule has 0 aliphatic carbocycles. The second-order valence-corrected chi connectivity index (χ2v) is 5.31. The predicted octanol–water partition coefficient (Wildman–Crippen LogP) is 1.33. The molecule has 1 aliphatic rings. The van der Waals surface area contributed by atoms with Crippen molar-refractivity contribution in [3.63, 3.8) is 0 Å². The second-order valence-electron chi connectivity index (χ2n) is 5.31. The molecule has 1 aromatic heterocycles. The number of aryl methyl sites for hydroxylation is 1. The molecule has 1 unspecified atom stereocenters. The molecular weight excluding hydrogens is 240 g/mol. The maximum atomic E-state index is 12.6. The van der Waals surface area contributed by atoms with E-state index < -0.39 is 0 Å². The molecule has 1 aliphatic heterocycles. The monoisotopic (exact) mass is 264 g/mol. The summed E-state index contributed by atoms with van der Waals surface area (Å²) < 4.78 is 1.76. The van der Waals surface area contributed by atoms with Crippen molar-refractivity contribution >= 4 is 5.91 Å². The molecule has 0 bridgehead atoms. The van der Waals surface area contributed by atoms with Crippen LogP contribution in [-0.4, -0.2) is 46.3 Å². The molecule has 1 fully saturated rings. The fourth-order valence-corrected chi connectivity index (χ4v) is 2.60. The van der Waals surface area contributed by atoms with E-state index in [-0.39, 0.29) is 5.91 Å². The molecule has 0 saturated carbocycles. The van der Waals surface area contributed by atoms with Gasteiger partial charge in [-0.3, -0.25) is 9.48 Å². The van der Waals surface area contributed by atoms with E-state index >= 15 is 0 Å². The maximum Gasteiger partial charge on any atom is 0.257 e. The summed E-state index contributed by atoms with van der Waals surface area (Å²) >= 11 is 0. The smallest absolute Gasteiger partial charge is 0.257 e. The van der Waals surface area contributed by atoms with E-state index in [0.717, 1.165) is 37.3 Å². The zero-order valence-electron chi connectivity index (χ0n) is 12.1. The lowest BCUT2D eigenvalue weighted by atomic mass is 10.1. The lowest BCUT2D eigenvalue weighted by molar-refractivity contribution is 0.0741. The number of hydrogen-bond acceptors (Lipinski definition) is 3. The van der Waals surface area contributed by atoms with E-state index in [9.17, 15) is 4.79 Å². The van der Waals surface area contributed by atoms with Gasteiger partial charge in [-0.1, -0.05) is 6.92 Å². The molecule has 1 atom stereocenters. The first-order valence-corrected chi connectivity index (χ1v) is 7.14. The second kappa shape index (κ2) is 6.19. The van der Waals surface area contributed by atoms with E-state index in [1.807, 2.05) is 18.9 Å². The number of rotatable bonds is 5. The predicted molar refractivity (Wildman–Crippen MR) is 75.2 cm³/mol. The van der Waals surface area contributed by atoms with Gasteiger partial charge in [0.1, 0.15) is 0 Å². The maximum absolute atomic E-state index is 12.6. The van der Waals surface area contributed by atoms with E-state index in [1.165, 1.54) is 12.8 Å². The van der Waals surface area contributed by atoms with E-state index in [4.69, 9.17) is 0 Å². The Morgan fingerprint density at radius 1 is 1.63 bits per heavy atom. The van der Waals surface area contributed by atoms with Crippen molar-refractivity contribution in [2.24, 2.45) is 7.05 Å². The van der Waals surface area contributed by atoms with E-state index in [0.29, 0.717) is 6.04 Å². The average molecular weight is 264 g/mol. The van der Waals surface area contributed by atoms with Crippen LogP contribution in [0.4, 0.5) is 0 Å². The average Bonchev–Trinajstić information content (AvgIpc) is 3.00. The van der Waals surface area contributed by atoms with Crippen molar-refractivity contribution in [3.8, 4) is 0 Å². The number of carbonyl (C=O) groups is 1. The molecule has 2 rings (SSSR count). The molecule has 19 heavy (non-hydrogen) atoms. The molecule has 1 N–H and O–H groups in total. The summed E-state index contributed by atoms with van der Waals surface area (Å²) in [5.41, 5.74) is 1.67. The van der Waals surface area contributed by atoms with Crippen molar-refractivity contribution in [1.82, 2.24) is 20.0 Å². The Kier molecular flexibility index (Phi) is 4.58. The van der Waals surface area contributed by atoms with Gasteiger partial charge in [0, 0.05) is 31.9 Å². The Balaban J connectivity index is 2.09. The van der Waals surface area contributed by atoms with Crippen molar-refractivity contribution in [2.45, 2.75) is 39.2 Å². The first kappa shape index (κ1) is 14.1. The minimum Gasteiger partial charge on any atom is -0.337 e. The molecule has 1 aromatic rings. The third-order valence-corrected chi connectivity index (χ3v) is 3.85. The lowest BCUT2D eigenvalue weighted by Gasteiger charge is -2.25. The fraction of sp³-hybridized carbons (Fsp3) is 0.714. The molecule has 0 spiro atoms. The standard InChI is InChI=1S/C14H24N4O/c1-4-8-18(10-12-6-5-7-15-12)14(19)13-9-16-17(3)11(13)2/h9,12,15H,4-8,10H2,1-3H3. The van der Waals surface area contributed by atoms with Gasteiger partial charge < -0.3 is 10.2 Å². The van der Waals surface area contributed by atoms with Gasteiger partial charge in [-0.05, 0) is 32.7 Å². The summed E-state index contributed by atoms with van der Waals surface area (Å²) in [5, 5.41) is 7.62. The van der Waals surface area contributed by atoms with Crippen molar-refractivity contribution in [1.29, 1.82) is 0 Å². The van der Waals surface area contributed by atoms with E-state index in [1.54, 1.807) is 10.9 Å². The van der Waals surface area contributed by atoms with Crippen molar-refractivity contribution in [3.05, 3.63) is 17.5 Å². The van der Waals surface area contributed by atoms with Crippen LogP contribution in [0.1, 0.15) is 42.2 Å². The minimum absolute atomic E-state index is 0.112. The van der Waals surface area contributed by atoms with Gasteiger partial charge in [0.2, 0.25) is 0 Å². The number of hydrogen-bond donors (Lipinski definition) is 1. The van der Waals surface area contributed by atoms with Crippen LogP contribution in [0.3, 0.4) is 0 Å². The Morgan fingerprint density at radius 2 is 2.42 bits per heavy atom. The molecule has 5 heteroatoms. The van der Waals surface area contributed by atoms with Gasteiger partial charge in [-0.15, -0.1) is 0 Å². The Bertz CT molecular complexity index is 435. The molecule has 5 nitrogen and oxygen atoms in total. The highest BCUT2D eigenvalue weighted by Crippen LogP contribution is 2.13. The molecular formula is C14H24N4O. The first-order chi connectivity index (χ1) is 9.13. The van der Waals surface area contributed by atoms with Gasteiger partial charge >= 0.3 is 0 Å². The first-order valence-electron chi connectivity index (χ1n) is 7.14.